The van der Waals surface area contributed by atoms with Gasteiger partial charge in [-0.05, 0) is 106 Å². The van der Waals surface area contributed by atoms with Crippen molar-refractivity contribution in [3.63, 3.8) is 0 Å². The second-order valence-electron chi connectivity index (χ2n) is 15.2. The molecule has 1 aliphatic carbocycles. The molecule has 0 unspecified atom stereocenters. The molecule has 0 bridgehead atoms. The third-order valence-electron chi connectivity index (χ3n) is 11.0. The van der Waals surface area contributed by atoms with Crippen molar-refractivity contribution in [1.82, 2.24) is 14.7 Å². The van der Waals surface area contributed by atoms with E-state index in [4.69, 9.17) is 18.9 Å². The third-order valence-corrected chi connectivity index (χ3v) is 11.0. The average molecular weight is 624 g/mol. The number of ketones is 1. The van der Waals surface area contributed by atoms with Crippen LogP contribution in [-0.4, -0.2) is 123 Å². The lowest BCUT2D eigenvalue weighted by Crippen LogP contribution is -2.56. The summed E-state index contributed by atoms with van der Waals surface area (Å²) < 4.78 is 25.5. The van der Waals surface area contributed by atoms with Crippen LogP contribution in [-0.2, 0) is 28.5 Å². The normalized spacial score (nSPS) is 39.7. The molecule has 0 aromatic carbocycles. The minimum Gasteiger partial charge on any atom is -0.463 e. The third kappa shape index (κ3) is 8.62. The van der Waals surface area contributed by atoms with Crippen molar-refractivity contribution in [2.75, 3.05) is 54.5 Å². The smallest absolute Gasteiger partial charge is 0.319 e. The van der Waals surface area contributed by atoms with Crippen molar-refractivity contribution in [2.24, 2.45) is 23.2 Å². The maximum absolute atomic E-state index is 14.3. The summed E-state index contributed by atoms with van der Waals surface area (Å²) in [7, 11) is 8.08. The molecule has 0 N–H and O–H groups in total. The molecule has 0 aromatic heterocycles. The largest absolute Gasteiger partial charge is 0.463 e. The Morgan fingerprint density at radius 1 is 0.977 bits per heavy atom. The summed E-state index contributed by atoms with van der Waals surface area (Å²) in [5, 5.41) is 0. The molecular weight excluding hydrogens is 558 g/mol. The monoisotopic (exact) mass is 623 g/mol. The molecule has 3 rings (SSSR count). The first-order chi connectivity index (χ1) is 20.6. The molecule has 8 atom stereocenters. The van der Waals surface area contributed by atoms with Gasteiger partial charge in [-0.25, -0.2) is 0 Å². The summed E-state index contributed by atoms with van der Waals surface area (Å²) in [6.07, 6.45) is 4.49. The number of nitrogens with zero attached hydrogens (tertiary/aromatic N) is 3. The Labute approximate surface area is 268 Å². The lowest BCUT2D eigenvalue weighted by atomic mass is 9.74. The van der Waals surface area contributed by atoms with E-state index in [0.717, 1.165) is 45.3 Å². The van der Waals surface area contributed by atoms with Crippen molar-refractivity contribution in [3.05, 3.63) is 0 Å². The standard InChI is InChI=1S/C35H65N3O6/c1-13-15-38-21-23(3)20-35(8,41-12)32(44-30-19-27(36(9)10)16-24(4)43-30)25(5)31(39)34(6,7)33(40)42-22-29(38)26-17-28(18-26)37(11)14-2/h23-30,32H,13-22H2,1-12H3/t23-,24-,25+,26-,27+,28-,29+,30+,32-,35-/m1/s1. The minimum absolute atomic E-state index is 0.0313. The number of carbonyl (C=O) groups excluding carboxylic acids is 2. The van der Waals surface area contributed by atoms with E-state index in [0.29, 0.717) is 37.5 Å². The first-order valence-electron chi connectivity index (χ1n) is 17.3. The van der Waals surface area contributed by atoms with Crippen LogP contribution in [0.1, 0.15) is 93.9 Å². The van der Waals surface area contributed by atoms with Crippen molar-refractivity contribution in [1.29, 1.82) is 0 Å². The van der Waals surface area contributed by atoms with Gasteiger partial charge in [-0.1, -0.05) is 27.7 Å². The summed E-state index contributed by atoms with van der Waals surface area (Å²) in [5.41, 5.74) is -2.11. The van der Waals surface area contributed by atoms with Gasteiger partial charge < -0.3 is 28.7 Å². The molecule has 9 nitrogen and oxygen atoms in total. The number of cyclic esters (lactones) is 1. The lowest BCUT2D eigenvalue weighted by molar-refractivity contribution is -0.263. The summed E-state index contributed by atoms with van der Waals surface area (Å²) in [4.78, 5) is 35.2. The van der Waals surface area contributed by atoms with Gasteiger partial charge in [0, 0.05) is 44.1 Å². The molecule has 0 spiro atoms. The number of rotatable bonds is 9. The molecule has 44 heavy (non-hydrogen) atoms. The van der Waals surface area contributed by atoms with Crippen molar-refractivity contribution in [3.8, 4) is 0 Å². The van der Waals surface area contributed by atoms with Gasteiger partial charge in [0.2, 0.25) is 0 Å². The molecule has 0 aromatic rings. The van der Waals surface area contributed by atoms with Gasteiger partial charge in [-0.2, -0.15) is 0 Å². The number of carbonyl (C=O) groups is 2. The quantitative estimate of drug-likeness (QED) is 0.264. The highest BCUT2D eigenvalue weighted by Gasteiger charge is 2.51. The molecule has 0 radical (unpaired) electrons. The van der Waals surface area contributed by atoms with Gasteiger partial charge >= 0.3 is 5.97 Å². The van der Waals surface area contributed by atoms with E-state index in [1.807, 2.05) is 6.92 Å². The molecular formula is C35H65N3O6. The first kappa shape index (κ1) is 37.4. The summed E-state index contributed by atoms with van der Waals surface area (Å²) in [6, 6.07) is 0.996. The van der Waals surface area contributed by atoms with Crippen LogP contribution >= 0.6 is 0 Å². The van der Waals surface area contributed by atoms with Gasteiger partial charge in [0.15, 0.2) is 12.1 Å². The van der Waals surface area contributed by atoms with Gasteiger partial charge in [-0.15, -0.1) is 0 Å². The summed E-state index contributed by atoms with van der Waals surface area (Å²) in [5.74, 6) is -0.567. The zero-order chi connectivity index (χ0) is 33.0. The van der Waals surface area contributed by atoms with Crippen molar-refractivity contribution < 1.29 is 28.5 Å². The summed E-state index contributed by atoms with van der Waals surface area (Å²) >= 11 is 0. The van der Waals surface area contributed by atoms with E-state index >= 15 is 0 Å². The molecule has 3 aliphatic rings. The minimum atomic E-state index is -1.33. The second-order valence-corrected chi connectivity index (χ2v) is 15.2. The Kier molecular flexibility index (Phi) is 13.3. The van der Waals surface area contributed by atoms with E-state index in [-0.39, 0.29) is 23.8 Å². The highest BCUT2D eigenvalue weighted by molar-refractivity contribution is 6.04. The first-order valence-corrected chi connectivity index (χ1v) is 17.3. The molecule has 0 amide bonds. The van der Waals surface area contributed by atoms with Crippen LogP contribution < -0.4 is 0 Å². The van der Waals surface area contributed by atoms with Crippen LogP contribution in [0.4, 0.5) is 0 Å². The van der Waals surface area contributed by atoms with Crippen LogP contribution in [0.3, 0.4) is 0 Å². The molecule has 2 heterocycles. The van der Waals surface area contributed by atoms with Gasteiger partial charge in [0.1, 0.15) is 12.0 Å². The highest BCUT2D eigenvalue weighted by atomic mass is 16.7. The molecule has 2 saturated heterocycles. The van der Waals surface area contributed by atoms with Crippen LogP contribution in [0.25, 0.3) is 0 Å². The maximum atomic E-state index is 14.3. The lowest BCUT2D eigenvalue weighted by Gasteiger charge is -2.48. The molecule has 3 fully saturated rings. The zero-order valence-corrected chi connectivity index (χ0v) is 30.1. The topological polar surface area (TPSA) is 80.8 Å². The van der Waals surface area contributed by atoms with Crippen molar-refractivity contribution >= 4 is 11.8 Å². The number of methoxy groups -OCH3 is 1. The fourth-order valence-corrected chi connectivity index (χ4v) is 7.94. The predicted octanol–water partition coefficient (Wildman–Crippen LogP) is 4.86. The Morgan fingerprint density at radius 3 is 2.20 bits per heavy atom. The Hall–Kier alpha value is -1.10. The van der Waals surface area contributed by atoms with E-state index in [1.54, 1.807) is 21.0 Å². The number of Topliss-reactive ketones (excluding diaryl/α,β-unsaturated/α-hetero) is 1. The molecule has 256 valence electrons. The molecule has 2 aliphatic heterocycles. The van der Waals surface area contributed by atoms with E-state index in [9.17, 15) is 9.59 Å². The van der Waals surface area contributed by atoms with E-state index in [1.165, 1.54) is 0 Å². The number of ether oxygens (including phenoxy) is 4. The number of esters is 1. The maximum Gasteiger partial charge on any atom is 0.319 e. The van der Waals surface area contributed by atoms with Gasteiger partial charge in [0.05, 0.1) is 17.8 Å². The molecule has 9 heteroatoms. The number of hydrogen-bond donors (Lipinski definition) is 0. The summed E-state index contributed by atoms with van der Waals surface area (Å²) in [6.45, 7) is 19.2. The van der Waals surface area contributed by atoms with Crippen molar-refractivity contribution in [2.45, 2.75) is 136 Å². The van der Waals surface area contributed by atoms with Gasteiger partial charge in [0.25, 0.3) is 0 Å². The number of hydrogen-bond acceptors (Lipinski definition) is 9. The van der Waals surface area contributed by atoms with Crippen LogP contribution in [0, 0.1) is 23.2 Å². The zero-order valence-electron chi connectivity index (χ0n) is 30.1. The van der Waals surface area contributed by atoms with Crippen LogP contribution in [0.2, 0.25) is 0 Å². The second kappa shape index (κ2) is 15.7. The average Bonchev–Trinajstić information content (AvgIpc) is 2.94. The van der Waals surface area contributed by atoms with E-state index < -0.39 is 35.3 Å². The highest BCUT2D eigenvalue weighted by Crippen LogP contribution is 2.40. The molecule has 1 saturated carbocycles. The Morgan fingerprint density at radius 2 is 1.64 bits per heavy atom. The van der Waals surface area contributed by atoms with Crippen LogP contribution in [0.5, 0.6) is 0 Å². The SMILES string of the molecule is CCCN1C[C@H](C)C[C@@](C)(OC)[C@H](O[C@H]2C[C@@H](N(C)C)C[C@@H](C)O2)[C@@H](C)C(=O)C(C)(C)C(=O)OC[C@H]1[C@H]1C[C@H](N(C)CC)C1. The Balaban J connectivity index is 1.97. The fraction of sp³-hybridized carbons (Fsp3) is 0.943. The van der Waals surface area contributed by atoms with E-state index in [2.05, 4.69) is 70.5 Å². The fourth-order valence-electron chi connectivity index (χ4n) is 7.94. The van der Waals surface area contributed by atoms with Crippen LogP contribution in [0.15, 0.2) is 0 Å². The predicted molar refractivity (Wildman–Crippen MR) is 174 cm³/mol. The Bertz CT molecular complexity index is 939. The van der Waals surface area contributed by atoms with Gasteiger partial charge in [-0.3, -0.25) is 14.5 Å².